The van der Waals surface area contributed by atoms with Crippen molar-refractivity contribution in [2.45, 2.75) is 26.4 Å². The molecule has 1 aromatic rings. The van der Waals surface area contributed by atoms with Crippen LogP contribution in [0.2, 0.25) is 0 Å². The molecule has 1 aromatic carbocycles. The van der Waals surface area contributed by atoms with Crippen molar-refractivity contribution >= 4 is 23.4 Å². The average Bonchev–Trinajstić information content (AvgIpc) is 2.68. The fourth-order valence-corrected chi connectivity index (χ4v) is 3.40. The molecule has 2 heterocycles. The molecule has 3 rings (SSSR count). The predicted molar refractivity (Wildman–Crippen MR) is 112 cm³/mol. The number of hydrogen-bond donors (Lipinski definition) is 1. The molecule has 0 unspecified atom stereocenters. The molecule has 160 valence electrons. The van der Waals surface area contributed by atoms with Gasteiger partial charge in [-0.25, -0.2) is 4.79 Å². The maximum atomic E-state index is 12.4. The SMILES string of the molecule is CC(C)(C)OC(=O)N1CCN(CC(=O)Nc2ccc(N3CCOCC3)cc2)CC1. The number of nitrogens with zero attached hydrogens (tertiary/aromatic N) is 3. The minimum absolute atomic E-state index is 0.0464. The Morgan fingerprint density at radius 2 is 1.62 bits per heavy atom. The van der Waals surface area contributed by atoms with E-state index in [0.717, 1.165) is 37.7 Å². The summed E-state index contributed by atoms with van der Waals surface area (Å²) in [4.78, 5) is 30.5. The van der Waals surface area contributed by atoms with Gasteiger partial charge in [0.25, 0.3) is 0 Å². The summed E-state index contributed by atoms with van der Waals surface area (Å²) in [5.41, 5.74) is 1.44. The Hall–Kier alpha value is -2.32. The lowest BCUT2D eigenvalue weighted by Crippen LogP contribution is -2.51. The molecule has 1 N–H and O–H groups in total. The molecule has 8 heteroatoms. The maximum absolute atomic E-state index is 12.4. The predicted octanol–water partition coefficient (Wildman–Crippen LogP) is 2.01. The van der Waals surface area contributed by atoms with Crippen molar-refractivity contribution in [3.63, 3.8) is 0 Å². The summed E-state index contributed by atoms with van der Waals surface area (Å²) >= 11 is 0. The number of morpholine rings is 1. The first-order chi connectivity index (χ1) is 13.8. The zero-order valence-corrected chi connectivity index (χ0v) is 17.6. The Morgan fingerprint density at radius 3 is 2.21 bits per heavy atom. The molecular weight excluding hydrogens is 372 g/mol. The van der Waals surface area contributed by atoms with Crippen LogP contribution >= 0.6 is 0 Å². The Kier molecular flexibility index (Phi) is 6.97. The van der Waals surface area contributed by atoms with Crippen LogP contribution in [-0.2, 0) is 14.3 Å². The van der Waals surface area contributed by atoms with Crippen molar-refractivity contribution in [3.05, 3.63) is 24.3 Å². The van der Waals surface area contributed by atoms with E-state index in [1.807, 2.05) is 45.0 Å². The molecule has 2 amide bonds. The second-order valence-electron chi connectivity index (χ2n) is 8.44. The van der Waals surface area contributed by atoms with Crippen LogP contribution in [0.25, 0.3) is 0 Å². The number of carbonyl (C=O) groups is 2. The fraction of sp³-hybridized carbons (Fsp3) is 0.619. The lowest BCUT2D eigenvalue weighted by molar-refractivity contribution is -0.117. The first kappa shape index (κ1) is 21.4. The first-order valence-corrected chi connectivity index (χ1v) is 10.2. The fourth-order valence-electron chi connectivity index (χ4n) is 3.40. The standard InChI is InChI=1S/C21H32N4O4/c1-21(2,3)29-20(27)25-10-8-23(9-11-25)16-19(26)22-17-4-6-18(7-5-17)24-12-14-28-15-13-24/h4-7H,8-16H2,1-3H3,(H,22,26). The van der Waals surface area contributed by atoms with Crippen LogP contribution in [-0.4, -0.2) is 86.4 Å². The molecule has 0 aliphatic carbocycles. The summed E-state index contributed by atoms with van der Waals surface area (Å²) in [6, 6.07) is 7.92. The number of hydrogen-bond acceptors (Lipinski definition) is 6. The van der Waals surface area contributed by atoms with Crippen molar-refractivity contribution in [1.82, 2.24) is 9.80 Å². The molecule has 0 spiro atoms. The van der Waals surface area contributed by atoms with Crippen LogP contribution in [0.15, 0.2) is 24.3 Å². The molecule has 2 aliphatic heterocycles. The minimum atomic E-state index is -0.495. The van der Waals surface area contributed by atoms with Crippen LogP contribution in [0.3, 0.4) is 0 Å². The molecule has 2 aliphatic rings. The zero-order valence-electron chi connectivity index (χ0n) is 17.6. The smallest absolute Gasteiger partial charge is 0.410 e. The van der Waals surface area contributed by atoms with Crippen molar-refractivity contribution in [1.29, 1.82) is 0 Å². The lowest BCUT2D eigenvalue weighted by Gasteiger charge is -2.35. The third-order valence-electron chi connectivity index (χ3n) is 4.92. The highest BCUT2D eigenvalue weighted by Crippen LogP contribution is 2.19. The number of amides is 2. The average molecular weight is 405 g/mol. The molecule has 0 radical (unpaired) electrons. The van der Waals surface area contributed by atoms with Gasteiger partial charge in [-0.15, -0.1) is 0 Å². The van der Waals surface area contributed by atoms with Crippen molar-refractivity contribution < 1.29 is 19.1 Å². The van der Waals surface area contributed by atoms with Gasteiger partial charge in [0.05, 0.1) is 19.8 Å². The van der Waals surface area contributed by atoms with E-state index < -0.39 is 5.60 Å². The van der Waals surface area contributed by atoms with Gasteiger partial charge in [0.1, 0.15) is 5.60 Å². The van der Waals surface area contributed by atoms with Crippen molar-refractivity contribution in [2.75, 3.05) is 69.2 Å². The van der Waals surface area contributed by atoms with E-state index in [0.29, 0.717) is 32.7 Å². The van der Waals surface area contributed by atoms with Gasteiger partial charge in [-0.05, 0) is 45.0 Å². The topological polar surface area (TPSA) is 74.4 Å². The van der Waals surface area contributed by atoms with Crippen LogP contribution in [0, 0.1) is 0 Å². The number of nitrogens with one attached hydrogen (secondary N) is 1. The summed E-state index contributed by atoms with van der Waals surface area (Å²) in [6.07, 6.45) is -0.290. The zero-order chi connectivity index (χ0) is 20.9. The summed E-state index contributed by atoms with van der Waals surface area (Å²) in [5, 5.41) is 2.96. The van der Waals surface area contributed by atoms with E-state index >= 15 is 0 Å². The Labute approximate surface area is 172 Å². The van der Waals surface area contributed by atoms with Crippen LogP contribution in [0.1, 0.15) is 20.8 Å². The highest BCUT2D eigenvalue weighted by molar-refractivity contribution is 5.92. The Bertz CT molecular complexity index is 688. The van der Waals surface area contributed by atoms with Crippen LogP contribution < -0.4 is 10.2 Å². The van der Waals surface area contributed by atoms with Gasteiger partial charge in [-0.3, -0.25) is 9.69 Å². The largest absolute Gasteiger partial charge is 0.444 e. The van der Waals surface area contributed by atoms with E-state index in [1.54, 1.807) is 4.90 Å². The van der Waals surface area contributed by atoms with E-state index in [1.165, 1.54) is 0 Å². The number of carbonyl (C=O) groups excluding carboxylic acids is 2. The van der Waals surface area contributed by atoms with E-state index in [-0.39, 0.29) is 12.0 Å². The van der Waals surface area contributed by atoms with Crippen LogP contribution in [0.5, 0.6) is 0 Å². The second kappa shape index (κ2) is 9.45. The van der Waals surface area contributed by atoms with Crippen molar-refractivity contribution in [2.24, 2.45) is 0 Å². The molecule has 0 bridgehead atoms. The monoisotopic (exact) mass is 404 g/mol. The molecule has 0 aromatic heterocycles. The Morgan fingerprint density at radius 1 is 1.00 bits per heavy atom. The highest BCUT2D eigenvalue weighted by Gasteiger charge is 2.26. The number of piperazine rings is 1. The van der Waals surface area contributed by atoms with Crippen molar-refractivity contribution in [3.8, 4) is 0 Å². The maximum Gasteiger partial charge on any atom is 0.410 e. The van der Waals surface area contributed by atoms with Gasteiger partial charge in [0, 0.05) is 50.6 Å². The third kappa shape index (κ3) is 6.61. The number of ether oxygens (including phenoxy) is 2. The quantitative estimate of drug-likeness (QED) is 0.828. The number of anilines is 2. The van der Waals surface area contributed by atoms with Gasteiger partial charge in [-0.1, -0.05) is 0 Å². The van der Waals surface area contributed by atoms with E-state index in [2.05, 4.69) is 15.1 Å². The summed E-state index contributed by atoms with van der Waals surface area (Å²) < 4.78 is 10.8. The molecule has 0 saturated carbocycles. The van der Waals surface area contributed by atoms with Gasteiger partial charge < -0.3 is 24.6 Å². The highest BCUT2D eigenvalue weighted by atomic mass is 16.6. The molecule has 8 nitrogen and oxygen atoms in total. The van der Waals surface area contributed by atoms with Gasteiger partial charge in [0.2, 0.25) is 5.91 Å². The summed E-state index contributed by atoms with van der Waals surface area (Å²) in [5.74, 6) is -0.0464. The molecule has 2 saturated heterocycles. The first-order valence-electron chi connectivity index (χ1n) is 10.2. The second-order valence-corrected chi connectivity index (χ2v) is 8.44. The number of benzene rings is 1. The van der Waals surface area contributed by atoms with E-state index in [4.69, 9.17) is 9.47 Å². The van der Waals surface area contributed by atoms with Gasteiger partial charge in [-0.2, -0.15) is 0 Å². The Balaban J connectivity index is 1.41. The molecular formula is C21H32N4O4. The molecule has 29 heavy (non-hydrogen) atoms. The minimum Gasteiger partial charge on any atom is -0.444 e. The normalized spacial score (nSPS) is 18.4. The van der Waals surface area contributed by atoms with Crippen LogP contribution in [0.4, 0.5) is 16.2 Å². The van der Waals surface area contributed by atoms with Gasteiger partial charge >= 0.3 is 6.09 Å². The summed E-state index contributed by atoms with van der Waals surface area (Å²) in [7, 11) is 0. The van der Waals surface area contributed by atoms with E-state index in [9.17, 15) is 9.59 Å². The lowest BCUT2D eigenvalue weighted by atomic mass is 10.2. The molecule has 2 fully saturated rings. The van der Waals surface area contributed by atoms with Gasteiger partial charge in [0.15, 0.2) is 0 Å². The summed E-state index contributed by atoms with van der Waals surface area (Å²) in [6.45, 7) is 11.6. The molecule has 0 atom stereocenters. The third-order valence-corrected chi connectivity index (χ3v) is 4.92. The number of rotatable bonds is 4.